The molecule has 1 aromatic heterocycles. The van der Waals surface area contributed by atoms with Crippen molar-refractivity contribution in [3.05, 3.63) is 58.8 Å². The van der Waals surface area contributed by atoms with E-state index < -0.39 is 17.6 Å². The molecule has 4 N–H and O–H groups in total. The molecule has 9 heteroatoms. The number of nitrogens with zero attached hydrogens (tertiary/aromatic N) is 2. The molecular weight excluding hydrogens is 340 g/mol. The Hall–Kier alpha value is -2.84. The van der Waals surface area contributed by atoms with Gasteiger partial charge in [0.05, 0.1) is 11.3 Å². The first kappa shape index (κ1) is 17.0. The molecule has 1 atom stereocenters. The molecule has 1 aromatic carbocycles. The number of hydrogen-bond acceptors (Lipinski definition) is 3. The molecule has 1 aliphatic carbocycles. The van der Waals surface area contributed by atoms with Crippen LogP contribution >= 0.6 is 0 Å². The number of fused-ring (bicyclic) bond motifs is 1. The van der Waals surface area contributed by atoms with Crippen LogP contribution in [0.1, 0.15) is 34.8 Å². The largest absolute Gasteiger partial charge is 0.468 e. The summed E-state index contributed by atoms with van der Waals surface area (Å²) in [7, 11) is 0. The Bertz CT molecular complexity index is 833. The van der Waals surface area contributed by atoms with E-state index in [9.17, 15) is 17.6 Å². The zero-order valence-corrected chi connectivity index (χ0v) is 12.8. The summed E-state index contributed by atoms with van der Waals surface area (Å²) in [5.74, 6) is -0.840. The monoisotopic (exact) mass is 354 g/mol. The van der Waals surface area contributed by atoms with Gasteiger partial charge in [0.2, 0.25) is 5.96 Å². The highest BCUT2D eigenvalue weighted by atomic mass is 19.4. The van der Waals surface area contributed by atoms with Crippen molar-refractivity contribution in [3.63, 3.8) is 0 Å². The van der Waals surface area contributed by atoms with E-state index in [-0.39, 0.29) is 41.8 Å². The summed E-state index contributed by atoms with van der Waals surface area (Å²) < 4.78 is 57.9. The Balaban J connectivity index is 2.06. The van der Waals surface area contributed by atoms with E-state index in [1.807, 2.05) is 0 Å². The normalized spacial score (nSPS) is 18.9. The summed E-state index contributed by atoms with van der Waals surface area (Å²) in [6.07, 6.45) is -3.52. The first-order chi connectivity index (χ1) is 11.8. The molecule has 132 valence electrons. The van der Waals surface area contributed by atoms with Crippen LogP contribution in [0.4, 0.5) is 17.6 Å². The predicted molar refractivity (Wildman–Crippen MR) is 83.5 cm³/mol. The van der Waals surface area contributed by atoms with E-state index in [4.69, 9.17) is 15.9 Å². The second-order valence-electron chi connectivity index (χ2n) is 5.67. The number of hydrogen-bond donors (Lipinski definition) is 2. The minimum Gasteiger partial charge on any atom is -0.468 e. The highest BCUT2D eigenvalue weighted by Crippen LogP contribution is 2.41. The van der Waals surface area contributed by atoms with E-state index in [0.717, 1.165) is 5.56 Å². The average molecular weight is 354 g/mol. The van der Waals surface area contributed by atoms with Crippen LogP contribution < -0.4 is 11.5 Å². The molecule has 0 bridgehead atoms. The summed E-state index contributed by atoms with van der Waals surface area (Å²) in [6.45, 7) is 0. The van der Waals surface area contributed by atoms with E-state index >= 15 is 0 Å². The van der Waals surface area contributed by atoms with Gasteiger partial charge in [-0.15, -0.1) is 5.10 Å². The summed E-state index contributed by atoms with van der Waals surface area (Å²) in [5, 5.41) is 7.27. The fourth-order valence-corrected chi connectivity index (χ4v) is 2.88. The van der Waals surface area contributed by atoms with Crippen LogP contribution in [0, 0.1) is 5.82 Å². The van der Waals surface area contributed by atoms with Crippen LogP contribution in [0.2, 0.25) is 0 Å². The third-order valence-corrected chi connectivity index (χ3v) is 3.96. The highest BCUT2D eigenvalue weighted by molar-refractivity contribution is 6.04. The van der Waals surface area contributed by atoms with E-state index in [2.05, 4.69) is 10.2 Å². The molecule has 5 nitrogen and oxygen atoms in total. The maximum atomic E-state index is 13.2. The summed E-state index contributed by atoms with van der Waals surface area (Å²) in [6, 6.07) is 5.75. The second-order valence-corrected chi connectivity index (χ2v) is 5.67. The lowest BCUT2D eigenvalue weighted by Crippen LogP contribution is -2.24. The number of furan rings is 1. The van der Waals surface area contributed by atoms with E-state index in [0.29, 0.717) is 6.26 Å². The van der Waals surface area contributed by atoms with Crippen LogP contribution in [0.5, 0.6) is 0 Å². The number of halogens is 4. The Morgan fingerprint density at radius 2 is 1.80 bits per heavy atom. The van der Waals surface area contributed by atoms with Gasteiger partial charge in [-0.1, -0.05) is 12.1 Å². The molecule has 1 heterocycles. The quantitative estimate of drug-likeness (QED) is 0.376. The topological polar surface area (TPSA) is 89.9 Å². The van der Waals surface area contributed by atoms with Crippen LogP contribution in [0.3, 0.4) is 0 Å². The lowest BCUT2D eigenvalue weighted by molar-refractivity contribution is -0.138. The standard InChI is InChI=1S/C16H14F4N4O/c17-10-3-1-8(2-4-10)9-5-12(23-24-15(21)22)14-11(16(18,19)20)7-25-13(14)6-9/h1-4,7,9H,5-6H2,(H4,21,22,24)/b23-12-. The molecule has 1 unspecified atom stereocenters. The zero-order chi connectivity index (χ0) is 18.2. The van der Waals surface area contributed by atoms with Crippen LogP contribution in [-0.4, -0.2) is 11.7 Å². The zero-order valence-electron chi connectivity index (χ0n) is 12.8. The maximum Gasteiger partial charge on any atom is 0.420 e. The molecule has 0 saturated heterocycles. The summed E-state index contributed by atoms with van der Waals surface area (Å²) in [5.41, 5.74) is 10.2. The van der Waals surface area contributed by atoms with Crippen molar-refractivity contribution < 1.29 is 22.0 Å². The molecule has 1 aliphatic rings. The van der Waals surface area contributed by atoms with Gasteiger partial charge in [-0.25, -0.2) is 4.39 Å². The van der Waals surface area contributed by atoms with Gasteiger partial charge in [-0.05, 0) is 30.0 Å². The highest BCUT2D eigenvalue weighted by Gasteiger charge is 2.41. The van der Waals surface area contributed by atoms with Crippen molar-refractivity contribution in [2.45, 2.75) is 24.9 Å². The van der Waals surface area contributed by atoms with Crippen molar-refractivity contribution in [2.75, 3.05) is 0 Å². The number of benzene rings is 1. The van der Waals surface area contributed by atoms with Crippen LogP contribution in [0.25, 0.3) is 0 Å². The van der Waals surface area contributed by atoms with E-state index in [1.165, 1.54) is 12.1 Å². The fourth-order valence-electron chi connectivity index (χ4n) is 2.88. The van der Waals surface area contributed by atoms with Crippen LogP contribution in [-0.2, 0) is 12.6 Å². The molecule has 0 amide bonds. The average Bonchev–Trinajstić information content (AvgIpc) is 2.97. The van der Waals surface area contributed by atoms with Crippen molar-refractivity contribution in [1.82, 2.24) is 0 Å². The van der Waals surface area contributed by atoms with Crippen molar-refractivity contribution >= 4 is 11.7 Å². The molecule has 0 radical (unpaired) electrons. The van der Waals surface area contributed by atoms with Gasteiger partial charge in [-0.2, -0.15) is 18.3 Å². The lowest BCUT2D eigenvalue weighted by atomic mass is 9.81. The molecule has 2 aromatic rings. The van der Waals surface area contributed by atoms with Gasteiger partial charge < -0.3 is 15.9 Å². The minimum absolute atomic E-state index is 0.0741. The van der Waals surface area contributed by atoms with Gasteiger partial charge in [0.1, 0.15) is 23.4 Å². The first-order valence-corrected chi connectivity index (χ1v) is 7.34. The Morgan fingerprint density at radius 3 is 2.40 bits per heavy atom. The maximum absolute atomic E-state index is 13.2. The minimum atomic E-state index is -4.58. The van der Waals surface area contributed by atoms with Crippen molar-refractivity contribution in [1.29, 1.82) is 0 Å². The fraction of sp³-hybridized carbons (Fsp3) is 0.250. The molecule has 0 spiro atoms. The Morgan fingerprint density at radius 1 is 1.12 bits per heavy atom. The Kier molecular flexibility index (Phi) is 4.23. The molecule has 3 rings (SSSR count). The number of rotatable bonds is 2. The first-order valence-electron chi connectivity index (χ1n) is 7.34. The Labute approximate surface area is 140 Å². The number of nitrogens with two attached hydrogens (primary N) is 2. The molecule has 0 fully saturated rings. The van der Waals surface area contributed by atoms with Crippen molar-refractivity contribution in [3.8, 4) is 0 Å². The molecule has 0 saturated carbocycles. The van der Waals surface area contributed by atoms with Gasteiger partial charge in [0.25, 0.3) is 0 Å². The third-order valence-electron chi connectivity index (χ3n) is 3.96. The number of guanidine groups is 1. The van der Waals surface area contributed by atoms with Gasteiger partial charge in [0.15, 0.2) is 0 Å². The van der Waals surface area contributed by atoms with Crippen molar-refractivity contribution in [2.24, 2.45) is 21.7 Å². The summed E-state index contributed by atoms with van der Waals surface area (Å²) in [4.78, 5) is 0. The second kappa shape index (κ2) is 6.23. The number of alkyl halides is 3. The van der Waals surface area contributed by atoms with Crippen LogP contribution in [0.15, 0.2) is 45.1 Å². The van der Waals surface area contributed by atoms with Gasteiger partial charge >= 0.3 is 6.18 Å². The van der Waals surface area contributed by atoms with E-state index in [1.54, 1.807) is 12.1 Å². The van der Waals surface area contributed by atoms with Gasteiger partial charge in [0, 0.05) is 6.42 Å². The summed E-state index contributed by atoms with van der Waals surface area (Å²) >= 11 is 0. The molecule has 25 heavy (non-hydrogen) atoms. The molecule has 0 aliphatic heterocycles. The smallest absolute Gasteiger partial charge is 0.420 e. The molecular formula is C16H14F4N4O. The lowest BCUT2D eigenvalue weighted by Gasteiger charge is -2.23. The third kappa shape index (κ3) is 3.49. The van der Waals surface area contributed by atoms with Gasteiger partial charge in [-0.3, -0.25) is 0 Å². The SMILES string of the molecule is NC(N)=N/N=C1/CC(c2ccc(F)cc2)Cc2occ(C(F)(F)F)c21. The predicted octanol–water partition coefficient (Wildman–Crippen LogP) is 3.15.